The maximum atomic E-state index is 6.24. The fourth-order valence-electron chi connectivity index (χ4n) is 2.12. The van der Waals surface area contributed by atoms with Gasteiger partial charge in [0, 0.05) is 5.92 Å². The quantitative estimate of drug-likeness (QED) is 0.822. The summed E-state index contributed by atoms with van der Waals surface area (Å²) in [5, 5.41) is 4.02. The zero-order chi connectivity index (χ0) is 13.9. The molecule has 2 atom stereocenters. The monoisotopic (exact) mass is 267 g/mol. The Hall–Kier alpha value is -0.940. The molecule has 0 saturated heterocycles. The lowest BCUT2D eigenvalue weighted by Crippen LogP contribution is -2.41. The molecule has 0 aliphatic heterocycles. The first-order valence-electron chi connectivity index (χ1n) is 7.27. The number of nitrogens with two attached hydrogens (primary N) is 1. The molecule has 1 saturated carbocycles. The first kappa shape index (κ1) is 14.5. The number of nitrogens with zero attached hydrogens (tertiary/aromatic N) is 2. The fourth-order valence-corrected chi connectivity index (χ4v) is 2.12. The van der Waals surface area contributed by atoms with Crippen LogP contribution in [0.3, 0.4) is 0 Å². The van der Waals surface area contributed by atoms with Crippen molar-refractivity contribution >= 4 is 0 Å². The summed E-state index contributed by atoms with van der Waals surface area (Å²) in [4.78, 5) is 4.44. The fraction of sp³-hybridized carbons (Fsp3) is 0.857. The smallest absolute Gasteiger partial charge is 0.229 e. The Morgan fingerprint density at radius 1 is 1.53 bits per heavy atom. The van der Waals surface area contributed by atoms with Crippen LogP contribution in [0.5, 0.6) is 0 Å². The van der Waals surface area contributed by atoms with Gasteiger partial charge in [-0.2, -0.15) is 4.98 Å². The predicted octanol–water partition coefficient (Wildman–Crippen LogP) is 2.72. The Bertz CT molecular complexity index is 399. The first-order chi connectivity index (χ1) is 9.03. The van der Waals surface area contributed by atoms with E-state index in [0.717, 1.165) is 25.7 Å². The molecule has 0 bridgehead atoms. The summed E-state index contributed by atoms with van der Waals surface area (Å²) >= 11 is 0. The summed E-state index contributed by atoms with van der Waals surface area (Å²) in [5.74, 6) is 1.51. The van der Waals surface area contributed by atoms with Gasteiger partial charge in [0.2, 0.25) is 5.89 Å². The second kappa shape index (κ2) is 6.01. The molecule has 2 N–H and O–H groups in total. The second-order valence-electron chi connectivity index (χ2n) is 5.93. The van der Waals surface area contributed by atoms with Crippen molar-refractivity contribution in [1.82, 2.24) is 10.1 Å². The highest BCUT2D eigenvalue weighted by Gasteiger charge is 2.31. The van der Waals surface area contributed by atoms with Gasteiger partial charge in [0.25, 0.3) is 0 Å². The lowest BCUT2D eigenvalue weighted by atomic mass is 9.95. The topological polar surface area (TPSA) is 74.2 Å². The van der Waals surface area contributed by atoms with Crippen LogP contribution >= 0.6 is 0 Å². The van der Waals surface area contributed by atoms with Gasteiger partial charge in [0.05, 0.1) is 12.7 Å². The average molecular weight is 267 g/mol. The number of aromatic nitrogens is 2. The Kier molecular flexibility index (Phi) is 4.58. The van der Waals surface area contributed by atoms with Crippen molar-refractivity contribution in [3.63, 3.8) is 0 Å². The zero-order valence-corrected chi connectivity index (χ0v) is 12.2. The van der Waals surface area contributed by atoms with E-state index in [9.17, 15) is 0 Å². The minimum absolute atomic E-state index is 0.287. The van der Waals surface area contributed by atoms with E-state index in [1.54, 1.807) is 0 Å². The van der Waals surface area contributed by atoms with Crippen LogP contribution in [0.15, 0.2) is 4.52 Å². The predicted molar refractivity (Wildman–Crippen MR) is 72.8 cm³/mol. The summed E-state index contributed by atoms with van der Waals surface area (Å²) in [6.45, 7) is 6.58. The maximum Gasteiger partial charge on any atom is 0.229 e. The van der Waals surface area contributed by atoms with Crippen molar-refractivity contribution in [3.8, 4) is 0 Å². The molecular formula is C14H25N3O2. The molecule has 0 spiro atoms. The molecule has 0 radical (unpaired) electrons. The molecule has 2 rings (SSSR count). The van der Waals surface area contributed by atoms with E-state index in [4.69, 9.17) is 15.0 Å². The lowest BCUT2D eigenvalue weighted by Gasteiger charge is -2.29. The Balaban J connectivity index is 1.94. The summed E-state index contributed by atoms with van der Waals surface area (Å²) in [5.41, 5.74) is 5.57. The number of hydrogen-bond acceptors (Lipinski definition) is 5. The normalized spacial score (nSPS) is 20.8. The van der Waals surface area contributed by atoms with Crippen molar-refractivity contribution in [2.75, 3.05) is 6.61 Å². The Morgan fingerprint density at radius 2 is 2.26 bits per heavy atom. The van der Waals surface area contributed by atoms with Crippen molar-refractivity contribution in [1.29, 1.82) is 0 Å². The highest BCUT2D eigenvalue weighted by Crippen LogP contribution is 2.26. The third kappa shape index (κ3) is 3.54. The van der Waals surface area contributed by atoms with E-state index in [-0.39, 0.29) is 5.92 Å². The van der Waals surface area contributed by atoms with Crippen molar-refractivity contribution < 1.29 is 9.26 Å². The van der Waals surface area contributed by atoms with Gasteiger partial charge in [0.15, 0.2) is 5.82 Å². The lowest BCUT2D eigenvalue weighted by molar-refractivity contribution is -0.0222. The van der Waals surface area contributed by atoms with Crippen LogP contribution in [0.4, 0.5) is 0 Å². The molecular weight excluding hydrogens is 242 g/mol. The average Bonchev–Trinajstić information content (AvgIpc) is 2.77. The summed E-state index contributed by atoms with van der Waals surface area (Å²) in [6, 6.07) is 0. The highest BCUT2D eigenvalue weighted by molar-refractivity contribution is 5.03. The van der Waals surface area contributed by atoms with Crippen LogP contribution in [0.1, 0.15) is 70.5 Å². The molecule has 108 valence electrons. The molecule has 19 heavy (non-hydrogen) atoms. The van der Waals surface area contributed by atoms with E-state index in [0.29, 0.717) is 24.4 Å². The third-order valence-corrected chi connectivity index (χ3v) is 3.77. The third-order valence-electron chi connectivity index (χ3n) is 3.77. The van der Waals surface area contributed by atoms with Crippen molar-refractivity contribution in [2.45, 2.75) is 70.4 Å². The van der Waals surface area contributed by atoms with Gasteiger partial charge < -0.3 is 15.0 Å². The molecule has 2 unspecified atom stereocenters. The molecule has 1 aromatic rings. The van der Waals surface area contributed by atoms with Gasteiger partial charge >= 0.3 is 0 Å². The number of rotatable bonds is 7. The van der Waals surface area contributed by atoms with E-state index in [1.807, 2.05) is 6.92 Å². The van der Waals surface area contributed by atoms with Gasteiger partial charge in [-0.25, -0.2) is 0 Å². The number of ether oxygens (including phenoxy) is 1. The second-order valence-corrected chi connectivity index (χ2v) is 5.93. The van der Waals surface area contributed by atoms with E-state index in [1.165, 1.54) is 6.42 Å². The largest absolute Gasteiger partial charge is 0.376 e. The van der Waals surface area contributed by atoms with Crippen LogP contribution in [0, 0.1) is 0 Å². The van der Waals surface area contributed by atoms with Crippen molar-refractivity contribution in [3.05, 3.63) is 11.7 Å². The maximum absolute atomic E-state index is 6.24. The standard InChI is InChI=1S/C14H25N3O2/c1-4-6-10(2)12-16-13(17-19-12)14(3,15)9-18-11-7-5-8-11/h10-11H,4-9,15H2,1-3H3. The Labute approximate surface area is 114 Å². The van der Waals surface area contributed by atoms with Crippen molar-refractivity contribution in [2.24, 2.45) is 5.73 Å². The van der Waals surface area contributed by atoms with Gasteiger partial charge in [-0.05, 0) is 32.6 Å². The van der Waals surface area contributed by atoms with Gasteiger partial charge in [-0.15, -0.1) is 0 Å². The minimum Gasteiger partial charge on any atom is -0.376 e. The molecule has 0 amide bonds. The molecule has 1 aliphatic rings. The SMILES string of the molecule is CCCC(C)c1nc(C(C)(N)COC2CCC2)no1. The minimum atomic E-state index is -0.677. The van der Waals surface area contributed by atoms with Crippen LogP contribution in [-0.4, -0.2) is 22.9 Å². The number of hydrogen-bond donors (Lipinski definition) is 1. The van der Waals surface area contributed by atoms with Crippen LogP contribution in [-0.2, 0) is 10.3 Å². The van der Waals surface area contributed by atoms with Gasteiger partial charge in [-0.3, -0.25) is 0 Å². The molecule has 1 aliphatic carbocycles. The van der Waals surface area contributed by atoms with Crippen LogP contribution < -0.4 is 5.73 Å². The molecule has 5 heteroatoms. The summed E-state index contributed by atoms with van der Waals surface area (Å²) in [6.07, 6.45) is 6.05. The van der Waals surface area contributed by atoms with E-state index in [2.05, 4.69) is 24.0 Å². The molecule has 0 aromatic carbocycles. The van der Waals surface area contributed by atoms with Gasteiger partial charge in [-0.1, -0.05) is 25.4 Å². The highest BCUT2D eigenvalue weighted by atomic mass is 16.5. The molecule has 1 heterocycles. The van der Waals surface area contributed by atoms with E-state index < -0.39 is 5.54 Å². The van der Waals surface area contributed by atoms with E-state index >= 15 is 0 Å². The summed E-state index contributed by atoms with van der Waals surface area (Å²) in [7, 11) is 0. The molecule has 1 aromatic heterocycles. The van der Waals surface area contributed by atoms with Gasteiger partial charge in [0.1, 0.15) is 5.54 Å². The first-order valence-corrected chi connectivity index (χ1v) is 7.27. The van der Waals surface area contributed by atoms with Crippen LogP contribution in [0.25, 0.3) is 0 Å². The molecule has 1 fully saturated rings. The van der Waals surface area contributed by atoms with Crippen LogP contribution in [0.2, 0.25) is 0 Å². The molecule has 5 nitrogen and oxygen atoms in total. The Morgan fingerprint density at radius 3 is 2.84 bits per heavy atom. The summed E-state index contributed by atoms with van der Waals surface area (Å²) < 4.78 is 11.1. The zero-order valence-electron chi connectivity index (χ0n) is 12.2.